The van der Waals surface area contributed by atoms with Gasteiger partial charge in [0.05, 0.1) is 21.7 Å². The third-order valence-corrected chi connectivity index (χ3v) is 9.69. The number of benzene rings is 1. The number of aromatic nitrogens is 2. The largest absolute Gasteiger partial charge is 0.349 e. The van der Waals surface area contributed by atoms with Gasteiger partial charge in [0.25, 0.3) is 5.91 Å². The highest BCUT2D eigenvalue weighted by atomic mass is 32.2. The smallest absolute Gasteiger partial charge is 0.252 e. The predicted octanol–water partition coefficient (Wildman–Crippen LogP) is 5.03. The van der Waals surface area contributed by atoms with Gasteiger partial charge >= 0.3 is 0 Å². The Hall–Kier alpha value is -2.84. The molecular formula is C28H34N4O3S. The van der Waals surface area contributed by atoms with Gasteiger partial charge in [-0.15, -0.1) is 0 Å². The van der Waals surface area contributed by atoms with Crippen LogP contribution in [-0.4, -0.2) is 47.7 Å². The van der Waals surface area contributed by atoms with Crippen molar-refractivity contribution >= 4 is 26.8 Å². The van der Waals surface area contributed by atoms with Crippen LogP contribution >= 0.6 is 0 Å². The fourth-order valence-corrected chi connectivity index (χ4v) is 6.86. The molecule has 2 fully saturated rings. The summed E-state index contributed by atoms with van der Waals surface area (Å²) >= 11 is 0. The molecule has 8 heteroatoms. The fourth-order valence-electron chi connectivity index (χ4n) is 5.37. The van der Waals surface area contributed by atoms with Gasteiger partial charge < -0.3 is 5.32 Å². The second-order valence-electron chi connectivity index (χ2n) is 10.4. The molecule has 0 radical (unpaired) electrons. The van der Waals surface area contributed by atoms with Gasteiger partial charge in [-0.2, -0.15) is 4.31 Å². The molecule has 1 amide bonds. The van der Waals surface area contributed by atoms with Gasteiger partial charge in [-0.25, -0.2) is 13.4 Å². The number of pyridine rings is 2. The van der Waals surface area contributed by atoms with E-state index < -0.39 is 10.0 Å². The Labute approximate surface area is 213 Å². The Morgan fingerprint density at radius 2 is 1.81 bits per heavy atom. The van der Waals surface area contributed by atoms with Crippen LogP contribution in [0.25, 0.3) is 22.2 Å². The summed E-state index contributed by atoms with van der Waals surface area (Å²) in [5.41, 5.74) is 2.47. The lowest BCUT2D eigenvalue weighted by atomic mass is 9.86. The number of sulfonamides is 1. The van der Waals surface area contributed by atoms with Gasteiger partial charge in [-0.3, -0.25) is 9.78 Å². The van der Waals surface area contributed by atoms with Crippen LogP contribution in [0.15, 0.2) is 53.7 Å². The van der Waals surface area contributed by atoms with E-state index in [9.17, 15) is 13.2 Å². The molecular weight excluding hydrogens is 472 g/mol. The normalized spacial score (nSPS) is 21.9. The van der Waals surface area contributed by atoms with Gasteiger partial charge in [-0.05, 0) is 73.9 Å². The summed E-state index contributed by atoms with van der Waals surface area (Å²) in [5, 5.41) is 3.79. The topological polar surface area (TPSA) is 92.3 Å². The van der Waals surface area contributed by atoms with Gasteiger partial charge in [0.15, 0.2) is 0 Å². The van der Waals surface area contributed by atoms with E-state index in [0.717, 1.165) is 37.7 Å². The van der Waals surface area contributed by atoms with Crippen molar-refractivity contribution < 1.29 is 13.2 Å². The maximum absolute atomic E-state index is 13.6. The Bertz CT molecular complexity index is 1350. The molecule has 2 unspecified atom stereocenters. The van der Waals surface area contributed by atoms with E-state index in [-0.39, 0.29) is 16.8 Å². The zero-order chi connectivity index (χ0) is 25.3. The second-order valence-corrected chi connectivity index (χ2v) is 12.3. The molecule has 1 N–H and O–H groups in total. The van der Waals surface area contributed by atoms with Crippen LogP contribution in [0.5, 0.6) is 0 Å². The second kappa shape index (κ2) is 10.3. The Morgan fingerprint density at radius 3 is 2.53 bits per heavy atom. The number of nitrogens with zero attached hydrogens (tertiary/aromatic N) is 3. The van der Waals surface area contributed by atoms with Gasteiger partial charge in [-0.1, -0.05) is 26.7 Å². The molecule has 1 aliphatic heterocycles. The van der Waals surface area contributed by atoms with Gasteiger partial charge in [0, 0.05) is 42.5 Å². The molecule has 5 rings (SSSR count). The van der Waals surface area contributed by atoms with Crippen molar-refractivity contribution in [3.8, 4) is 11.3 Å². The van der Waals surface area contributed by atoms with Gasteiger partial charge in [0.2, 0.25) is 10.0 Å². The molecule has 3 heterocycles. The first-order valence-corrected chi connectivity index (χ1v) is 14.4. The third-order valence-electron chi connectivity index (χ3n) is 7.79. The van der Waals surface area contributed by atoms with Crippen molar-refractivity contribution in [2.24, 2.45) is 11.8 Å². The molecule has 2 aromatic heterocycles. The molecule has 1 saturated heterocycles. The number of piperidine rings is 1. The van der Waals surface area contributed by atoms with Crippen molar-refractivity contribution in [1.29, 1.82) is 0 Å². The summed E-state index contributed by atoms with van der Waals surface area (Å²) in [6, 6.07) is 10.6. The molecule has 1 aromatic carbocycles. The summed E-state index contributed by atoms with van der Waals surface area (Å²) in [6.07, 6.45) is 9.47. The number of carbonyl (C=O) groups is 1. The lowest BCUT2D eigenvalue weighted by Crippen LogP contribution is -2.41. The van der Waals surface area contributed by atoms with Crippen molar-refractivity contribution in [3.63, 3.8) is 0 Å². The molecule has 2 atom stereocenters. The Balaban J connectivity index is 1.57. The van der Waals surface area contributed by atoms with Crippen LogP contribution < -0.4 is 5.32 Å². The average Bonchev–Trinajstić information content (AvgIpc) is 2.89. The maximum Gasteiger partial charge on any atom is 0.252 e. The first-order valence-electron chi connectivity index (χ1n) is 13.0. The highest BCUT2D eigenvalue weighted by Crippen LogP contribution is 2.30. The monoisotopic (exact) mass is 506 g/mol. The number of hydrogen-bond donors (Lipinski definition) is 1. The minimum absolute atomic E-state index is 0.110. The van der Waals surface area contributed by atoms with Gasteiger partial charge in [0.1, 0.15) is 0 Å². The first kappa shape index (κ1) is 24.8. The van der Waals surface area contributed by atoms with E-state index in [1.807, 2.05) is 12.1 Å². The van der Waals surface area contributed by atoms with Crippen LogP contribution in [0.4, 0.5) is 0 Å². The third kappa shape index (κ3) is 5.02. The Kier molecular flexibility index (Phi) is 7.08. The van der Waals surface area contributed by atoms with E-state index >= 15 is 0 Å². The summed E-state index contributed by atoms with van der Waals surface area (Å²) in [5.74, 6) is 0.749. The quantitative estimate of drug-likeness (QED) is 0.524. The highest BCUT2D eigenvalue weighted by Gasteiger charge is 2.29. The lowest BCUT2D eigenvalue weighted by molar-refractivity contribution is 0.0912. The predicted molar refractivity (Wildman–Crippen MR) is 141 cm³/mol. The summed E-state index contributed by atoms with van der Waals surface area (Å²) < 4.78 is 28.5. The van der Waals surface area contributed by atoms with E-state index in [2.05, 4.69) is 24.1 Å². The lowest BCUT2D eigenvalue weighted by Gasteiger charge is -2.30. The summed E-state index contributed by atoms with van der Waals surface area (Å²) in [6.45, 7) is 5.38. The van der Waals surface area contributed by atoms with Crippen LogP contribution in [0, 0.1) is 11.8 Å². The SMILES string of the molecule is CC1CCN(S(=O)(=O)c2ccc3nc(-c4cccnc4)cc(C(=O)NC4CCCCC4C)c3c2)CC1. The van der Waals surface area contributed by atoms with Crippen molar-refractivity contribution in [2.45, 2.75) is 63.3 Å². The van der Waals surface area contributed by atoms with Crippen LogP contribution in [-0.2, 0) is 10.0 Å². The standard InChI is InChI=1S/C28H34N4O3S/c1-19-11-14-32(15-12-19)36(34,35)22-9-10-26-23(16-22)24(17-27(30-26)21-7-5-13-29-18-21)28(33)31-25-8-4-3-6-20(25)2/h5,7,9-10,13,16-20,25H,3-4,6,8,11-12,14-15H2,1-2H3,(H,31,33). The molecule has 36 heavy (non-hydrogen) atoms. The fraction of sp³-hybridized carbons (Fsp3) is 0.464. The summed E-state index contributed by atoms with van der Waals surface area (Å²) in [4.78, 5) is 22.8. The van der Waals surface area contributed by atoms with E-state index in [1.165, 1.54) is 6.42 Å². The number of amides is 1. The maximum atomic E-state index is 13.6. The number of fused-ring (bicyclic) bond motifs is 1. The van der Waals surface area contributed by atoms with E-state index in [4.69, 9.17) is 4.98 Å². The average molecular weight is 507 g/mol. The molecule has 190 valence electrons. The van der Waals surface area contributed by atoms with Crippen molar-refractivity contribution in [2.75, 3.05) is 13.1 Å². The van der Waals surface area contributed by atoms with Crippen LogP contribution in [0.2, 0.25) is 0 Å². The number of carbonyl (C=O) groups excluding carboxylic acids is 1. The zero-order valence-electron chi connectivity index (χ0n) is 21.0. The number of hydrogen-bond acceptors (Lipinski definition) is 5. The minimum Gasteiger partial charge on any atom is -0.349 e. The molecule has 2 aliphatic rings. The Morgan fingerprint density at radius 1 is 1.03 bits per heavy atom. The van der Waals surface area contributed by atoms with Crippen LogP contribution in [0.1, 0.15) is 62.7 Å². The number of nitrogens with one attached hydrogen (secondary N) is 1. The van der Waals surface area contributed by atoms with Crippen molar-refractivity contribution in [1.82, 2.24) is 19.6 Å². The molecule has 1 saturated carbocycles. The van der Waals surface area contributed by atoms with E-state index in [1.54, 1.807) is 41.0 Å². The molecule has 7 nitrogen and oxygen atoms in total. The van der Waals surface area contributed by atoms with E-state index in [0.29, 0.717) is 47.1 Å². The number of rotatable bonds is 5. The highest BCUT2D eigenvalue weighted by molar-refractivity contribution is 7.89. The zero-order valence-corrected chi connectivity index (χ0v) is 21.8. The summed E-state index contributed by atoms with van der Waals surface area (Å²) in [7, 11) is -3.65. The van der Waals surface area contributed by atoms with Crippen LogP contribution in [0.3, 0.4) is 0 Å². The molecule has 0 bridgehead atoms. The molecule has 1 aliphatic carbocycles. The molecule has 3 aromatic rings. The first-order chi connectivity index (χ1) is 17.3. The minimum atomic E-state index is -3.65. The van der Waals surface area contributed by atoms with Crippen molar-refractivity contribution in [3.05, 3.63) is 54.4 Å². The molecule has 0 spiro atoms.